The van der Waals surface area contributed by atoms with E-state index < -0.39 is 29.5 Å². The summed E-state index contributed by atoms with van der Waals surface area (Å²) in [6.45, 7) is 1.23. The molecule has 3 unspecified atom stereocenters. The Bertz CT molecular complexity index is 1230. The molecule has 2 amide bonds. The number of aromatic nitrogens is 1. The zero-order valence-corrected chi connectivity index (χ0v) is 18.3. The number of carbonyl (C=O) groups is 2. The SMILES string of the molecule is COC(=O)NCC1OC(=O)N2c3cc(F)c(-c4ccc(C5(C#N)C6COCC65)nc4)cc3C[C@@H]12. The first-order valence-corrected chi connectivity index (χ1v) is 11.1. The number of carbonyl (C=O) groups excluding carboxylic acids is 2. The van der Waals surface area contributed by atoms with Gasteiger partial charge < -0.3 is 19.5 Å². The molecule has 1 aromatic heterocycles. The van der Waals surface area contributed by atoms with Crippen LogP contribution in [0.25, 0.3) is 11.1 Å². The first-order chi connectivity index (χ1) is 16.5. The largest absolute Gasteiger partial charge is 0.453 e. The van der Waals surface area contributed by atoms with Crippen molar-refractivity contribution in [2.75, 3.05) is 31.8 Å². The number of benzene rings is 1. The van der Waals surface area contributed by atoms with E-state index in [1.165, 1.54) is 18.1 Å². The smallest absolute Gasteiger partial charge is 0.415 e. The lowest BCUT2D eigenvalue weighted by Crippen LogP contribution is -2.40. The van der Waals surface area contributed by atoms with Crippen molar-refractivity contribution in [3.63, 3.8) is 0 Å². The quantitative estimate of drug-likeness (QED) is 0.740. The Morgan fingerprint density at radius 1 is 1.38 bits per heavy atom. The number of anilines is 1. The second kappa shape index (κ2) is 7.40. The number of nitriles is 1. The number of methoxy groups -OCH3 is 1. The Balaban J connectivity index is 1.26. The Labute approximate surface area is 194 Å². The van der Waals surface area contributed by atoms with Gasteiger partial charge in [-0.1, -0.05) is 6.07 Å². The molecular formula is C24H21FN4O5. The number of cyclic esters (lactones) is 1. The molecule has 3 aliphatic heterocycles. The van der Waals surface area contributed by atoms with Crippen molar-refractivity contribution in [3.05, 3.63) is 47.5 Å². The van der Waals surface area contributed by atoms with E-state index >= 15 is 4.39 Å². The van der Waals surface area contributed by atoms with Gasteiger partial charge in [-0.3, -0.25) is 9.88 Å². The number of ether oxygens (including phenoxy) is 3. The second-order valence-electron chi connectivity index (χ2n) is 9.06. The molecule has 1 aromatic carbocycles. The summed E-state index contributed by atoms with van der Waals surface area (Å²) in [7, 11) is 1.25. The Kier molecular flexibility index (Phi) is 4.54. The van der Waals surface area contributed by atoms with E-state index in [4.69, 9.17) is 9.47 Å². The van der Waals surface area contributed by atoms with Crippen LogP contribution in [0.5, 0.6) is 0 Å². The lowest BCUT2D eigenvalue weighted by Gasteiger charge is -2.16. The van der Waals surface area contributed by atoms with Crippen LogP contribution in [0, 0.1) is 29.0 Å². The Morgan fingerprint density at radius 2 is 2.18 bits per heavy atom. The maximum Gasteiger partial charge on any atom is 0.415 e. The average molecular weight is 464 g/mol. The van der Waals surface area contributed by atoms with Gasteiger partial charge in [-0.15, -0.1) is 0 Å². The van der Waals surface area contributed by atoms with Crippen molar-refractivity contribution in [3.8, 4) is 17.2 Å². The molecule has 10 heteroatoms. The highest BCUT2D eigenvalue weighted by molar-refractivity contribution is 5.94. The molecule has 1 N–H and O–H groups in total. The number of pyridine rings is 1. The van der Waals surface area contributed by atoms with Gasteiger partial charge in [0.1, 0.15) is 17.3 Å². The van der Waals surface area contributed by atoms with Gasteiger partial charge in [0.15, 0.2) is 0 Å². The first kappa shape index (κ1) is 20.9. The van der Waals surface area contributed by atoms with Gasteiger partial charge in [0.2, 0.25) is 0 Å². The van der Waals surface area contributed by atoms with Crippen molar-refractivity contribution in [1.29, 1.82) is 5.26 Å². The number of amides is 2. The molecule has 1 saturated carbocycles. The minimum atomic E-state index is -0.616. The molecule has 174 valence electrons. The number of nitrogens with one attached hydrogen (secondary N) is 1. The van der Waals surface area contributed by atoms with Gasteiger partial charge in [-0.25, -0.2) is 14.0 Å². The van der Waals surface area contributed by atoms with Gasteiger partial charge in [0, 0.05) is 29.2 Å². The number of alkyl carbamates (subject to hydrolysis) is 1. The lowest BCUT2D eigenvalue weighted by molar-refractivity contribution is 0.123. The standard InChI is InChI=1S/C24H21FN4O5/c1-32-22(30)28-8-20-19-5-13-4-14(17(25)6-18(13)29(19)23(31)34-20)12-2-3-21(27-7-12)24(11-26)15-9-33-10-16(15)24/h2-4,6-7,15-16,19-20H,5,8-10H2,1H3,(H,28,30)/t15?,16?,19-,20?,24?/m0/s1. The fourth-order valence-corrected chi connectivity index (χ4v) is 5.70. The maximum absolute atomic E-state index is 15.2. The average Bonchev–Trinajstić information content (AvgIpc) is 3.23. The van der Waals surface area contributed by atoms with Crippen molar-refractivity contribution in [2.45, 2.75) is 24.0 Å². The monoisotopic (exact) mass is 464 g/mol. The van der Waals surface area contributed by atoms with Crippen LogP contribution >= 0.6 is 0 Å². The number of nitrogens with zero attached hydrogens (tertiary/aromatic N) is 3. The second-order valence-corrected chi connectivity index (χ2v) is 9.06. The van der Waals surface area contributed by atoms with E-state index in [9.17, 15) is 14.9 Å². The van der Waals surface area contributed by atoms with Crippen LogP contribution in [-0.4, -0.2) is 56.2 Å². The van der Waals surface area contributed by atoms with Crippen LogP contribution in [0.3, 0.4) is 0 Å². The third-order valence-corrected chi connectivity index (χ3v) is 7.52. The summed E-state index contributed by atoms with van der Waals surface area (Å²) in [5.74, 6) is -0.144. The molecule has 0 spiro atoms. The molecule has 4 aliphatic rings. The third-order valence-electron chi connectivity index (χ3n) is 7.52. The van der Waals surface area contributed by atoms with Crippen molar-refractivity contribution in [2.24, 2.45) is 11.8 Å². The minimum absolute atomic E-state index is 0.0992. The number of hydrogen-bond donors (Lipinski definition) is 1. The van der Waals surface area contributed by atoms with Gasteiger partial charge in [0.25, 0.3) is 0 Å². The Hall–Kier alpha value is -3.71. The van der Waals surface area contributed by atoms with Crippen LogP contribution in [-0.2, 0) is 26.0 Å². The van der Waals surface area contributed by atoms with E-state index in [-0.39, 0.29) is 24.4 Å². The summed E-state index contributed by atoms with van der Waals surface area (Å²) in [4.78, 5) is 29.8. The van der Waals surface area contributed by atoms with Gasteiger partial charge in [-0.2, -0.15) is 5.26 Å². The molecule has 2 aromatic rings. The molecule has 1 aliphatic carbocycles. The normalized spacial score (nSPS) is 30.1. The van der Waals surface area contributed by atoms with E-state index in [1.807, 2.05) is 0 Å². The van der Waals surface area contributed by atoms with Crippen molar-refractivity contribution >= 4 is 17.9 Å². The summed E-state index contributed by atoms with van der Waals surface area (Å²) in [5, 5.41) is 12.3. The number of hydrogen-bond acceptors (Lipinski definition) is 7. The van der Waals surface area contributed by atoms with E-state index in [0.717, 1.165) is 5.56 Å². The molecule has 6 rings (SSSR count). The van der Waals surface area contributed by atoms with E-state index in [2.05, 4.69) is 21.1 Å². The number of rotatable bonds is 4. The number of fused-ring (bicyclic) bond motifs is 4. The summed E-state index contributed by atoms with van der Waals surface area (Å²) in [5.41, 5.74) is 2.34. The summed E-state index contributed by atoms with van der Waals surface area (Å²) in [6.07, 6.45) is 0.306. The molecule has 34 heavy (non-hydrogen) atoms. The fourth-order valence-electron chi connectivity index (χ4n) is 5.70. The van der Waals surface area contributed by atoms with Crippen molar-refractivity contribution in [1.82, 2.24) is 10.3 Å². The molecule has 0 radical (unpaired) electrons. The minimum Gasteiger partial charge on any atom is -0.453 e. The van der Waals surface area contributed by atoms with E-state index in [0.29, 0.717) is 42.1 Å². The fraction of sp³-hybridized carbons (Fsp3) is 0.417. The third kappa shape index (κ3) is 2.83. The molecule has 3 fully saturated rings. The van der Waals surface area contributed by atoms with Gasteiger partial charge in [0.05, 0.1) is 50.4 Å². The molecular weight excluding hydrogens is 443 g/mol. The molecule has 0 bridgehead atoms. The molecule has 9 nitrogen and oxygen atoms in total. The highest BCUT2D eigenvalue weighted by atomic mass is 19.1. The predicted molar refractivity (Wildman–Crippen MR) is 115 cm³/mol. The summed E-state index contributed by atoms with van der Waals surface area (Å²) in [6, 6.07) is 8.74. The zero-order valence-electron chi connectivity index (χ0n) is 18.3. The van der Waals surface area contributed by atoms with Crippen LogP contribution in [0.1, 0.15) is 11.3 Å². The topological polar surface area (TPSA) is 114 Å². The van der Waals surface area contributed by atoms with Crippen LogP contribution < -0.4 is 10.2 Å². The molecule has 2 saturated heterocycles. The van der Waals surface area contributed by atoms with Crippen molar-refractivity contribution < 1.29 is 28.2 Å². The number of halogens is 1. The maximum atomic E-state index is 15.2. The van der Waals surface area contributed by atoms with Gasteiger partial charge in [-0.05, 0) is 30.2 Å². The van der Waals surface area contributed by atoms with E-state index in [1.54, 1.807) is 24.4 Å². The van der Waals surface area contributed by atoms with Crippen LogP contribution in [0.4, 0.5) is 19.7 Å². The Morgan fingerprint density at radius 3 is 2.85 bits per heavy atom. The first-order valence-electron chi connectivity index (χ1n) is 11.1. The highest BCUT2D eigenvalue weighted by Gasteiger charge is 2.70. The van der Waals surface area contributed by atoms with Crippen LogP contribution in [0.2, 0.25) is 0 Å². The highest BCUT2D eigenvalue weighted by Crippen LogP contribution is 2.62. The summed E-state index contributed by atoms with van der Waals surface area (Å²) >= 11 is 0. The zero-order chi connectivity index (χ0) is 23.6. The molecule has 4 heterocycles. The van der Waals surface area contributed by atoms with Gasteiger partial charge >= 0.3 is 12.2 Å². The predicted octanol–water partition coefficient (Wildman–Crippen LogP) is 2.53. The summed E-state index contributed by atoms with van der Waals surface area (Å²) < 4.78 is 30.5. The lowest BCUT2D eigenvalue weighted by atomic mass is 9.95. The molecule has 4 atom stereocenters. The van der Waals surface area contributed by atoms with Crippen LogP contribution in [0.15, 0.2) is 30.5 Å².